The maximum Gasteiger partial charge on any atom is 0.265 e. The van der Waals surface area contributed by atoms with Crippen molar-refractivity contribution in [2.75, 3.05) is 0 Å². The lowest BCUT2D eigenvalue weighted by Crippen LogP contribution is -2.30. The van der Waals surface area contributed by atoms with Crippen LogP contribution in [0.3, 0.4) is 0 Å². The molecule has 0 aliphatic carbocycles. The largest absolute Gasteiger partial charge is 0.290 e. The highest BCUT2D eigenvalue weighted by atomic mass is 32.2. The second kappa shape index (κ2) is 5.67. The molecule has 0 heterocycles. The molecule has 0 atom stereocenters. The van der Waals surface area contributed by atoms with Gasteiger partial charge in [-0.2, -0.15) is 0 Å². The van der Waals surface area contributed by atoms with Gasteiger partial charge in [-0.15, -0.1) is 0 Å². The van der Waals surface area contributed by atoms with Gasteiger partial charge in [0.2, 0.25) is 9.84 Å². The minimum Gasteiger partial charge on any atom is -0.290 e. The van der Waals surface area contributed by atoms with Gasteiger partial charge < -0.3 is 0 Å². The predicted molar refractivity (Wildman–Crippen MR) is 79.5 cm³/mol. The Kier molecular flexibility index (Phi) is 4.11. The van der Waals surface area contributed by atoms with E-state index in [0.717, 1.165) is 0 Å². The number of hydrogen-bond acceptors (Lipinski definition) is 4. The van der Waals surface area contributed by atoms with Crippen LogP contribution < -0.4 is 11.3 Å². The highest BCUT2D eigenvalue weighted by Crippen LogP contribution is 2.25. The number of nitrogens with two attached hydrogens (primary N) is 1. The summed E-state index contributed by atoms with van der Waals surface area (Å²) in [5, 5.41) is 0. The van der Waals surface area contributed by atoms with Gasteiger partial charge in [0, 0.05) is 5.56 Å². The molecule has 1 amide bonds. The van der Waals surface area contributed by atoms with E-state index in [4.69, 9.17) is 5.84 Å². The Bertz CT molecular complexity index is 798. The van der Waals surface area contributed by atoms with Crippen molar-refractivity contribution in [3.8, 4) is 0 Å². The summed E-state index contributed by atoms with van der Waals surface area (Å²) in [6.45, 7) is 3.41. The summed E-state index contributed by atoms with van der Waals surface area (Å²) in [6, 6.07) is 11.1. The first kappa shape index (κ1) is 15.2. The van der Waals surface area contributed by atoms with Crippen molar-refractivity contribution in [3.63, 3.8) is 0 Å². The molecule has 0 aliphatic rings. The number of nitrogen functional groups attached to an aromatic ring is 1. The fraction of sp³-hybridized carbons (Fsp3) is 0.133. The maximum absolute atomic E-state index is 12.6. The van der Waals surface area contributed by atoms with Crippen LogP contribution in [0.5, 0.6) is 0 Å². The first-order valence-electron chi connectivity index (χ1n) is 6.30. The molecule has 2 aromatic rings. The van der Waals surface area contributed by atoms with E-state index in [0.29, 0.717) is 16.7 Å². The van der Waals surface area contributed by atoms with Gasteiger partial charge in [-0.1, -0.05) is 18.2 Å². The van der Waals surface area contributed by atoms with Crippen LogP contribution in [0.25, 0.3) is 0 Å². The molecule has 0 radical (unpaired) electrons. The van der Waals surface area contributed by atoms with Gasteiger partial charge in [-0.25, -0.2) is 14.3 Å². The third-order valence-corrected chi connectivity index (χ3v) is 5.18. The standard InChI is InChI=1S/C15H16N2O3S/c1-10-5-3-4-6-14(10)21(19,20)12-7-8-13(11(2)9-12)15(18)17-16/h3-9H,16H2,1-2H3,(H,17,18). The topological polar surface area (TPSA) is 89.3 Å². The lowest BCUT2D eigenvalue weighted by molar-refractivity contribution is 0.0953. The minimum atomic E-state index is -3.60. The fourth-order valence-corrected chi connectivity index (χ4v) is 3.70. The predicted octanol–water partition coefficient (Wildman–Crippen LogP) is 1.74. The number of hydrazine groups is 1. The Morgan fingerprint density at radius 3 is 2.29 bits per heavy atom. The Labute approximate surface area is 123 Å². The Morgan fingerprint density at radius 2 is 1.71 bits per heavy atom. The molecule has 0 aromatic heterocycles. The molecule has 0 bridgehead atoms. The summed E-state index contributed by atoms with van der Waals surface area (Å²) < 4.78 is 25.3. The molecule has 110 valence electrons. The average Bonchev–Trinajstić information content (AvgIpc) is 2.46. The number of carbonyl (C=O) groups is 1. The van der Waals surface area contributed by atoms with E-state index in [1.807, 2.05) is 5.43 Å². The van der Waals surface area contributed by atoms with Crippen molar-refractivity contribution < 1.29 is 13.2 Å². The van der Waals surface area contributed by atoms with Gasteiger partial charge in [0.25, 0.3) is 5.91 Å². The number of sulfone groups is 1. The van der Waals surface area contributed by atoms with Crippen LogP contribution in [0, 0.1) is 13.8 Å². The Balaban J connectivity index is 2.55. The number of hydrogen-bond donors (Lipinski definition) is 2. The molecule has 2 rings (SSSR count). The lowest BCUT2D eigenvalue weighted by atomic mass is 10.1. The number of carbonyl (C=O) groups excluding carboxylic acids is 1. The number of rotatable bonds is 3. The summed E-state index contributed by atoms with van der Waals surface area (Å²) in [7, 11) is -3.60. The number of benzene rings is 2. The van der Waals surface area contributed by atoms with E-state index < -0.39 is 15.7 Å². The second-order valence-corrected chi connectivity index (χ2v) is 6.64. The van der Waals surface area contributed by atoms with Gasteiger partial charge in [0.15, 0.2) is 0 Å². The van der Waals surface area contributed by atoms with Gasteiger partial charge in [-0.3, -0.25) is 10.2 Å². The van der Waals surface area contributed by atoms with E-state index in [9.17, 15) is 13.2 Å². The molecule has 6 heteroatoms. The van der Waals surface area contributed by atoms with Crippen molar-refractivity contribution in [2.24, 2.45) is 5.84 Å². The van der Waals surface area contributed by atoms with Crippen molar-refractivity contribution in [1.29, 1.82) is 0 Å². The molecular formula is C15H16N2O3S. The normalized spacial score (nSPS) is 11.2. The molecule has 21 heavy (non-hydrogen) atoms. The van der Waals surface area contributed by atoms with E-state index in [1.54, 1.807) is 38.1 Å². The van der Waals surface area contributed by atoms with Gasteiger partial charge in [0.05, 0.1) is 9.79 Å². The molecule has 3 N–H and O–H groups in total. The maximum atomic E-state index is 12.6. The molecular weight excluding hydrogens is 288 g/mol. The van der Waals surface area contributed by atoms with Crippen LogP contribution in [0.2, 0.25) is 0 Å². The van der Waals surface area contributed by atoms with Crippen LogP contribution in [-0.4, -0.2) is 14.3 Å². The van der Waals surface area contributed by atoms with Crippen LogP contribution >= 0.6 is 0 Å². The zero-order valence-electron chi connectivity index (χ0n) is 11.8. The van der Waals surface area contributed by atoms with Gasteiger partial charge in [-0.05, 0) is 49.2 Å². The molecule has 2 aromatic carbocycles. The Morgan fingerprint density at radius 1 is 1.05 bits per heavy atom. The summed E-state index contributed by atoms with van der Waals surface area (Å²) in [5.41, 5.74) is 3.61. The molecule has 0 spiro atoms. The smallest absolute Gasteiger partial charge is 0.265 e. The number of nitrogens with one attached hydrogen (secondary N) is 1. The van der Waals surface area contributed by atoms with E-state index in [1.165, 1.54) is 18.2 Å². The average molecular weight is 304 g/mol. The highest BCUT2D eigenvalue weighted by Gasteiger charge is 2.21. The third kappa shape index (κ3) is 2.81. The molecule has 0 fully saturated rings. The fourth-order valence-electron chi connectivity index (χ4n) is 2.12. The molecule has 0 unspecified atom stereocenters. The molecule has 0 aliphatic heterocycles. The van der Waals surface area contributed by atoms with E-state index >= 15 is 0 Å². The quantitative estimate of drug-likeness (QED) is 0.513. The van der Waals surface area contributed by atoms with Crippen molar-refractivity contribution in [1.82, 2.24) is 5.43 Å². The minimum absolute atomic E-state index is 0.155. The zero-order valence-corrected chi connectivity index (χ0v) is 12.6. The summed E-state index contributed by atoms with van der Waals surface area (Å²) in [4.78, 5) is 12.0. The SMILES string of the molecule is Cc1cc(S(=O)(=O)c2ccccc2C)ccc1C(=O)NN. The van der Waals surface area contributed by atoms with Crippen molar-refractivity contribution >= 4 is 15.7 Å². The lowest BCUT2D eigenvalue weighted by Gasteiger charge is -2.10. The summed E-state index contributed by atoms with van der Waals surface area (Å²) >= 11 is 0. The number of aryl methyl sites for hydroxylation is 2. The first-order chi connectivity index (χ1) is 9.87. The van der Waals surface area contributed by atoms with Crippen LogP contribution in [0.1, 0.15) is 21.5 Å². The van der Waals surface area contributed by atoms with Crippen molar-refractivity contribution in [3.05, 3.63) is 59.2 Å². The monoisotopic (exact) mass is 304 g/mol. The second-order valence-electron chi connectivity index (χ2n) is 4.72. The van der Waals surface area contributed by atoms with Crippen LogP contribution in [-0.2, 0) is 9.84 Å². The van der Waals surface area contributed by atoms with Crippen molar-refractivity contribution in [2.45, 2.75) is 23.6 Å². The highest BCUT2D eigenvalue weighted by molar-refractivity contribution is 7.91. The molecule has 0 saturated heterocycles. The Hall–Kier alpha value is -2.18. The zero-order chi connectivity index (χ0) is 15.6. The van der Waals surface area contributed by atoms with Gasteiger partial charge in [0.1, 0.15) is 0 Å². The van der Waals surface area contributed by atoms with Crippen LogP contribution in [0.15, 0.2) is 52.3 Å². The van der Waals surface area contributed by atoms with Crippen LogP contribution in [0.4, 0.5) is 0 Å². The third-order valence-electron chi connectivity index (χ3n) is 3.27. The first-order valence-corrected chi connectivity index (χ1v) is 7.78. The summed E-state index contributed by atoms with van der Waals surface area (Å²) in [5.74, 6) is 4.64. The van der Waals surface area contributed by atoms with Gasteiger partial charge >= 0.3 is 0 Å². The number of amides is 1. The molecule has 5 nitrogen and oxygen atoms in total. The molecule has 0 saturated carbocycles. The van der Waals surface area contributed by atoms with E-state index in [2.05, 4.69) is 0 Å². The summed E-state index contributed by atoms with van der Waals surface area (Å²) in [6.07, 6.45) is 0. The van der Waals surface area contributed by atoms with E-state index in [-0.39, 0.29) is 9.79 Å².